The van der Waals surface area contributed by atoms with Crippen molar-refractivity contribution in [3.05, 3.63) is 104 Å². The Hall–Kier alpha value is -6.16. The topological polar surface area (TPSA) is 301 Å². The minimum Gasteiger partial charge on any atom is -0.507 e. The molecule has 0 saturated carbocycles. The number of hydrogen-bond donors (Lipinski definition) is 4. The second kappa shape index (κ2) is 15.9. The number of primary amides is 3. The first-order chi connectivity index (χ1) is 22.3. The van der Waals surface area contributed by atoms with E-state index < -0.39 is 49.6 Å². The molecule has 1 aromatic heterocycles. The van der Waals surface area contributed by atoms with E-state index in [0.717, 1.165) is 30.3 Å². The zero-order valence-corrected chi connectivity index (χ0v) is 26.2. The Bertz CT molecular complexity index is 2010. The number of carbonyl (C=O) groups excluding carboxylic acids is 3. The number of benzene rings is 3. The van der Waals surface area contributed by atoms with E-state index in [1.165, 1.54) is 6.07 Å². The summed E-state index contributed by atoms with van der Waals surface area (Å²) >= 11 is 17.0. The Morgan fingerprint density at radius 2 is 1.27 bits per heavy atom. The van der Waals surface area contributed by atoms with Crippen LogP contribution in [0.1, 0.15) is 36.8 Å². The van der Waals surface area contributed by atoms with Gasteiger partial charge in [0.2, 0.25) is 0 Å². The summed E-state index contributed by atoms with van der Waals surface area (Å²) in [6.45, 7) is 1.54. The molecule has 250 valence electrons. The fourth-order valence-corrected chi connectivity index (χ4v) is 4.31. The number of ether oxygens (including phenoxy) is 1. The van der Waals surface area contributed by atoms with Gasteiger partial charge in [0.05, 0.1) is 31.5 Å². The van der Waals surface area contributed by atoms with Crippen molar-refractivity contribution in [3.63, 3.8) is 0 Å². The quantitative estimate of drug-likeness (QED) is 0.108. The first kappa shape index (κ1) is 38.0. The van der Waals surface area contributed by atoms with Crippen LogP contribution in [0, 0.1) is 49.6 Å². The number of rotatable bonds is 8. The predicted molar refractivity (Wildman–Crippen MR) is 170 cm³/mol. The SMILES string of the molecule is C#CCOc1cc(Cl)c([N+](=O)[O-])cc1C(N)=O.Cc1cc2c(Cl)c([N+](=O)[O-])cc(C(N)=O)c2o1.NC(=O)c1cc([N+](=O)[O-])c(Cl)cc1O. The molecule has 7 N–H and O–H groups in total. The van der Waals surface area contributed by atoms with E-state index in [2.05, 4.69) is 5.92 Å². The second-order valence-corrected chi connectivity index (χ2v) is 10.0. The average molecular weight is 726 g/mol. The first-order valence-corrected chi connectivity index (χ1v) is 13.4. The third-order valence-electron chi connectivity index (χ3n) is 5.65. The highest BCUT2D eigenvalue weighted by Gasteiger charge is 2.24. The Morgan fingerprint density at radius 1 is 0.812 bits per heavy atom. The molecule has 0 spiro atoms. The van der Waals surface area contributed by atoms with Crippen molar-refractivity contribution in [2.24, 2.45) is 17.2 Å². The molecule has 18 nitrogen and oxygen atoms in total. The van der Waals surface area contributed by atoms with E-state index in [-0.39, 0.29) is 55.4 Å². The van der Waals surface area contributed by atoms with Crippen LogP contribution in [0.4, 0.5) is 17.1 Å². The number of fused-ring (bicyclic) bond motifs is 1. The molecule has 0 fully saturated rings. The number of phenols is 1. The van der Waals surface area contributed by atoms with Gasteiger partial charge in [-0.25, -0.2) is 0 Å². The summed E-state index contributed by atoms with van der Waals surface area (Å²) in [5, 5.41) is 40.8. The number of aryl methyl sites for hydroxylation is 1. The highest BCUT2D eigenvalue weighted by Crippen LogP contribution is 2.37. The summed E-state index contributed by atoms with van der Waals surface area (Å²) in [7, 11) is 0. The number of nitro benzene ring substituents is 3. The lowest BCUT2D eigenvalue weighted by Gasteiger charge is -2.07. The predicted octanol–water partition coefficient (Wildman–Crippen LogP) is 4.81. The molecule has 21 heteroatoms. The zero-order chi connectivity index (χ0) is 36.6. The van der Waals surface area contributed by atoms with Gasteiger partial charge in [-0.3, -0.25) is 44.7 Å². The molecule has 3 aromatic carbocycles. The molecule has 0 bridgehead atoms. The van der Waals surface area contributed by atoms with Crippen molar-refractivity contribution in [1.82, 2.24) is 0 Å². The van der Waals surface area contributed by atoms with Crippen LogP contribution in [-0.2, 0) is 0 Å². The Kier molecular flexibility index (Phi) is 12.6. The number of terminal acetylenes is 1. The van der Waals surface area contributed by atoms with Crippen LogP contribution in [0.15, 0.2) is 40.8 Å². The third kappa shape index (κ3) is 8.97. The molecule has 48 heavy (non-hydrogen) atoms. The van der Waals surface area contributed by atoms with Gasteiger partial charge < -0.3 is 31.5 Å². The van der Waals surface area contributed by atoms with E-state index >= 15 is 0 Å². The molecule has 0 aliphatic rings. The molecule has 0 atom stereocenters. The number of nitrogens with zero attached hydrogens (tertiary/aromatic N) is 3. The summed E-state index contributed by atoms with van der Waals surface area (Å²) in [4.78, 5) is 62.6. The van der Waals surface area contributed by atoms with Crippen molar-refractivity contribution in [2.45, 2.75) is 6.92 Å². The van der Waals surface area contributed by atoms with Gasteiger partial charge in [-0.15, -0.1) is 6.42 Å². The number of nitrogens with two attached hydrogens (primary N) is 3. The highest BCUT2D eigenvalue weighted by molar-refractivity contribution is 6.38. The molecule has 4 aromatic rings. The van der Waals surface area contributed by atoms with Gasteiger partial charge in [-0.1, -0.05) is 40.7 Å². The molecule has 0 radical (unpaired) electrons. The first-order valence-electron chi connectivity index (χ1n) is 12.3. The van der Waals surface area contributed by atoms with Crippen molar-refractivity contribution in [1.29, 1.82) is 0 Å². The molecular weight excluding hydrogens is 707 g/mol. The minimum absolute atomic E-state index is 0.0195. The monoisotopic (exact) mass is 724 g/mol. The maximum absolute atomic E-state index is 11.2. The number of furan rings is 1. The molecule has 1 heterocycles. The maximum atomic E-state index is 11.2. The van der Waals surface area contributed by atoms with Crippen molar-refractivity contribution < 1.29 is 43.4 Å². The van der Waals surface area contributed by atoms with Crippen LogP contribution in [0.5, 0.6) is 11.5 Å². The van der Waals surface area contributed by atoms with E-state index in [1.807, 2.05) is 0 Å². The van der Waals surface area contributed by atoms with E-state index in [1.54, 1.807) is 6.92 Å². The third-order valence-corrected chi connectivity index (χ3v) is 6.66. The summed E-state index contributed by atoms with van der Waals surface area (Å²) < 4.78 is 10.3. The number of amides is 3. The van der Waals surface area contributed by atoms with Crippen LogP contribution in [-0.4, -0.2) is 44.2 Å². The molecular formula is C27H19Cl3N6O12. The second-order valence-electron chi connectivity index (χ2n) is 8.83. The lowest BCUT2D eigenvalue weighted by Crippen LogP contribution is -2.13. The smallest absolute Gasteiger partial charge is 0.289 e. The Morgan fingerprint density at radius 3 is 1.73 bits per heavy atom. The van der Waals surface area contributed by atoms with E-state index in [9.17, 15) is 44.7 Å². The van der Waals surface area contributed by atoms with Gasteiger partial charge in [0.15, 0.2) is 0 Å². The fraction of sp³-hybridized carbons (Fsp3) is 0.0741. The molecule has 0 saturated heterocycles. The number of carbonyl (C=O) groups is 3. The highest BCUT2D eigenvalue weighted by atomic mass is 35.5. The van der Waals surface area contributed by atoms with Crippen molar-refractivity contribution in [2.75, 3.05) is 6.61 Å². The lowest BCUT2D eigenvalue weighted by molar-refractivity contribution is -0.384. The fourth-order valence-electron chi connectivity index (χ4n) is 3.60. The molecule has 0 unspecified atom stereocenters. The van der Waals surface area contributed by atoms with Gasteiger partial charge in [-0.05, 0) is 13.0 Å². The zero-order valence-electron chi connectivity index (χ0n) is 23.9. The number of nitro groups is 3. The standard InChI is InChI=1S/2C10H7ClN2O4.C7H5ClN2O4/c1-4-2-5-8(11)7(13(15)16)3-6(10(12)14)9(5)17-4;1-2-3-17-9-5-7(11)8(13(15)16)4-6(9)10(12)14;8-4-2-6(11)3(7(9)12)1-5(4)10(13)14/h2-3H,1H3,(H2,12,14);1,4-5H,3H2,(H2,12,14);1-2,11H,(H2,9,12). The Labute approximate surface area is 282 Å². The van der Waals surface area contributed by atoms with Crippen LogP contribution in [0.25, 0.3) is 11.0 Å². The maximum Gasteiger partial charge on any atom is 0.289 e. The summed E-state index contributed by atoms with van der Waals surface area (Å²) in [5.41, 5.74) is 13.5. The van der Waals surface area contributed by atoms with E-state index in [0.29, 0.717) is 11.1 Å². The Balaban J connectivity index is 0.000000252. The average Bonchev–Trinajstić information content (AvgIpc) is 3.37. The van der Waals surface area contributed by atoms with Gasteiger partial charge in [0, 0.05) is 35.7 Å². The minimum atomic E-state index is -0.956. The van der Waals surface area contributed by atoms with Gasteiger partial charge >= 0.3 is 0 Å². The number of halogens is 3. The van der Waals surface area contributed by atoms with E-state index in [4.69, 9.17) is 72.7 Å². The van der Waals surface area contributed by atoms with Gasteiger partial charge in [0.25, 0.3) is 34.8 Å². The summed E-state index contributed by atoms with van der Waals surface area (Å²) in [6.07, 6.45) is 4.99. The number of aromatic hydroxyl groups is 1. The molecule has 0 aliphatic carbocycles. The van der Waals surface area contributed by atoms with Gasteiger partial charge in [0.1, 0.15) is 44.5 Å². The van der Waals surface area contributed by atoms with Crippen molar-refractivity contribution >= 4 is 80.6 Å². The van der Waals surface area contributed by atoms with Crippen LogP contribution < -0.4 is 21.9 Å². The summed E-state index contributed by atoms with van der Waals surface area (Å²) in [5.74, 6) is -0.403. The number of hydrogen-bond acceptors (Lipinski definition) is 12. The molecule has 0 aliphatic heterocycles. The molecule has 3 amide bonds. The largest absolute Gasteiger partial charge is 0.507 e. The molecule has 4 rings (SSSR count). The summed E-state index contributed by atoms with van der Waals surface area (Å²) in [6, 6.07) is 6.38. The van der Waals surface area contributed by atoms with Crippen LogP contribution in [0.3, 0.4) is 0 Å². The lowest BCUT2D eigenvalue weighted by atomic mass is 10.1. The normalized spacial score (nSPS) is 9.98. The van der Waals surface area contributed by atoms with Gasteiger partial charge in [-0.2, -0.15) is 0 Å². The van der Waals surface area contributed by atoms with Crippen LogP contribution >= 0.6 is 34.8 Å². The van der Waals surface area contributed by atoms with Crippen molar-refractivity contribution in [3.8, 4) is 23.8 Å². The van der Waals surface area contributed by atoms with Crippen LogP contribution in [0.2, 0.25) is 15.1 Å².